The van der Waals surface area contributed by atoms with Crippen LogP contribution in [0.2, 0.25) is 0 Å². The molecule has 0 heterocycles. The van der Waals surface area contributed by atoms with Crippen LogP contribution >= 0.6 is 0 Å². The summed E-state index contributed by atoms with van der Waals surface area (Å²) >= 11 is 0. The molecule has 0 fully saturated rings. The Bertz CT molecular complexity index is 318. The van der Waals surface area contributed by atoms with Crippen molar-refractivity contribution in [3.63, 3.8) is 0 Å². The number of hydrogen-bond acceptors (Lipinski definition) is 2. The van der Waals surface area contributed by atoms with Crippen molar-refractivity contribution in [2.45, 2.75) is 32.7 Å². The van der Waals surface area contributed by atoms with Crippen LogP contribution in [0, 0.1) is 6.92 Å². The smallest absolute Gasteiger partial charge is 0.0366 e. The molecule has 0 amide bonds. The van der Waals surface area contributed by atoms with Crippen molar-refractivity contribution in [2.24, 2.45) is 5.73 Å². The van der Waals surface area contributed by atoms with Gasteiger partial charge in [0.2, 0.25) is 0 Å². The zero-order valence-corrected chi connectivity index (χ0v) is 10.2. The Hall–Kier alpha value is -1.02. The van der Waals surface area contributed by atoms with E-state index in [2.05, 4.69) is 57.0 Å². The molecule has 2 N–H and O–H groups in total. The summed E-state index contributed by atoms with van der Waals surface area (Å²) in [7, 11) is 2.09. The van der Waals surface area contributed by atoms with E-state index in [1.807, 2.05) is 0 Å². The lowest BCUT2D eigenvalue weighted by molar-refractivity contribution is 0.455. The van der Waals surface area contributed by atoms with Crippen LogP contribution in [-0.4, -0.2) is 19.1 Å². The fraction of sp³-hybridized carbons (Fsp3) is 0.538. The van der Waals surface area contributed by atoms with Gasteiger partial charge in [-0.1, -0.05) is 19.1 Å². The lowest BCUT2D eigenvalue weighted by Gasteiger charge is -2.30. The molecule has 1 aromatic carbocycles. The second-order valence-electron chi connectivity index (χ2n) is 4.70. The molecular formula is C13H22N2. The van der Waals surface area contributed by atoms with Gasteiger partial charge >= 0.3 is 0 Å². The molecule has 1 aromatic rings. The summed E-state index contributed by atoms with van der Waals surface area (Å²) in [6.07, 6.45) is 0.989. The molecule has 0 bridgehead atoms. The van der Waals surface area contributed by atoms with Crippen molar-refractivity contribution < 1.29 is 0 Å². The molecule has 0 aliphatic carbocycles. The standard InChI is InChI=1S/C13H22N2/c1-5-13(3,14)10-15(4)12-8-6-7-11(2)9-12/h6-9H,5,10,14H2,1-4H3. The number of anilines is 1. The fourth-order valence-electron chi connectivity index (χ4n) is 1.61. The van der Waals surface area contributed by atoms with Crippen molar-refractivity contribution in [1.29, 1.82) is 0 Å². The number of likely N-dealkylation sites (N-methyl/N-ethyl adjacent to an activating group) is 1. The second kappa shape index (κ2) is 4.67. The zero-order valence-electron chi connectivity index (χ0n) is 10.2. The third-order valence-electron chi connectivity index (χ3n) is 2.85. The average Bonchev–Trinajstić information content (AvgIpc) is 2.17. The molecule has 1 unspecified atom stereocenters. The van der Waals surface area contributed by atoms with Gasteiger partial charge in [-0.05, 0) is 38.0 Å². The number of rotatable bonds is 4. The minimum absolute atomic E-state index is 0.113. The van der Waals surface area contributed by atoms with Crippen LogP contribution in [0.25, 0.3) is 0 Å². The van der Waals surface area contributed by atoms with Gasteiger partial charge in [0.1, 0.15) is 0 Å². The Morgan fingerprint density at radius 2 is 2.07 bits per heavy atom. The third kappa shape index (κ3) is 3.56. The Morgan fingerprint density at radius 3 is 2.60 bits per heavy atom. The van der Waals surface area contributed by atoms with Gasteiger partial charge < -0.3 is 10.6 Å². The average molecular weight is 206 g/mol. The summed E-state index contributed by atoms with van der Waals surface area (Å²) in [6, 6.07) is 8.50. The molecule has 0 radical (unpaired) electrons. The van der Waals surface area contributed by atoms with Crippen molar-refractivity contribution in [1.82, 2.24) is 0 Å². The van der Waals surface area contributed by atoms with Gasteiger partial charge in [0.05, 0.1) is 0 Å². The Labute approximate surface area is 93.1 Å². The maximum Gasteiger partial charge on any atom is 0.0366 e. The lowest BCUT2D eigenvalue weighted by atomic mass is 10.00. The molecular weight excluding hydrogens is 184 g/mol. The van der Waals surface area contributed by atoms with E-state index in [-0.39, 0.29) is 5.54 Å². The topological polar surface area (TPSA) is 29.3 Å². The number of nitrogens with two attached hydrogens (primary N) is 1. The number of aryl methyl sites for hydroxylation is 1. The molecule has 0 spiro atoms. The van der Waals surface area contributed by atoms with Gasteiger partial charge in [0, 0.05) is 24.8 Å². The van der Waals surface area contributed by atoms with E-state index in [4.69, 9.17) is 5.73 Å². The summed E-state index contributed by atoms with van der Waals surface area (Å²) in [6.45, 7) is 7.22. The Morgan fingerprint density at radius 1 is 1.40 bits per heavy atom. The minimum atomic E-state index is -0.113. The summed E-state index contributed by atoms with van der Waals surface area (Å²) in [5.41, 5.74) is 8.56. The molecule has 0 aliphatic heterocycles. The largest absolute Gasteiger partial charge is 0.373 e. The van der Waals surface area contributed by atoms with Gasteiger partial charge in [-0.2, -0.15) is 0 Å². The molecule has 1 rings (SSSR count). The molecule has 0 saturated heterocycles. The number of benzene rings is 1. The van der Waals surface area contributed by atoms with Crippen molar-refractivity contribution in [3.05, 3.63) is 29.8 Å². The van der Waals surface area contributed by atoms with E-state index in [1.165, 1.54) is 11.3 Å². The predicted octanol–water partition coefficient (Wildman–Crippen LogP) is 2.56. The Balaban J connectivity index is 2.73. The maximum atomic E-state index is 6.15. The van der Waals surface area contributed by atoms with Crippen LogP contribution < -0.4 is 10.6 Å². The van der Waals surface area contributed by atoms with Crippen LogP contribution in [0.5, 0.6) is 0 Å². The second-order valence-corrected chi connectivity index (χ2v) is 4.70. The lowest BCUT2D eigenvalue weighted by Crippen LogP contribution is -2.46. The highest BCUT2D eigenvalue weighted by molar-refractivity contribution is 5.48. The van der Waals surface area contributed by atoms with Gasteiger partial charge in [0.25, 0.3) is 0 Å². The first-order valence-electron chi connectivity index (χ1n) is 5.51. The van der Waals surface area contributed by atoms with E-state index in [0.29, 0.717) is 0 Å². The van der Waals surface area contributed by atoms with Crippen LogP contribution in [0.15, 0.2) is 24.3 Å². The van der Waals surface area contributed by atoms with Crippen molar-refractivity contribution in [3.8, 4) is 0 Å². The van der Waals surface area contributed by atoms with Crippen LogP contribution in [0.4, 0.5) is 5.69 Å². The molecule has 0 aromatic heterocycles. The SMILES string of the molecule is CCC(C)(N)CN(C)c1cccc(C)c1. The van der Waals surface area contributed by atoms with E-state index in [1.54, 1.807) is 0 Å². The molecule has 0 saturated carbocycles. The highest BCUT2D eigenvalue weighted by Gasteiger charge is 2.18. The van der Waals surface area contributed by atoms with Gasteiger partial charge in [-0.3, -0.25) is 0 Å². The zero-order chi connectivity index (χ0) is 11.5. The van der Waals surface area contributed by atoms with Crippen LogP contribution in [0.3, 0.4) is 0 Å². The summed E-state index contributed by atoms with van der Waals surface area (Å²) < 4.78 is 0. The molecule has 0 aliphatic rings. The first-order chi connectivity index (χ1) is 6.94. The maximum absolute atomic E-state index is 6.15. The first kappa shape index (κ1) is 12.1. The first-order valence-corrected chi connectivity index (χ1v) is 5.51. The Kier molecular flexibility index (Phi) is 3.75. The summed E-state index contributed by atoms with van der Waals surface area (Å²) in [5.74, 6) is 0. The summed E-state index contributed by atoms with van der Waals surface area (Å²) in [4.78, 5) is 2.22. The van der Waals surface area contributed by atoms with Crippen LogP contribution in [0.1, 0.15) is 25.8 Å². The van der Waals surface area contributed by atoms with Crippen LogP contribution in [-0.2, 0) is 0 Å². The molecule has 2 nitrogen and oxygen atoms in total. The fourth-order valence-corrected chi connectivity index (χ4v) is 1.61. The van der Waals surface area contributed by atoms with E-state index in [0.717, 1.165) is 13.0 Å². The van der Waals surface area contributed by atoms with Crippen molar-refractivity contribution >= 4 is 5.69 Å². The molecule has 2 heteroatoms. The monoisotopic (exact) mass is 206 g/mol. The predicted molar refractivity (Wildman–Crippen MR) is 67.3 cm³/mol. The number of nitrogens with zero attached hydrogens (tertiary/aromatic N) is 1. The number of hydrogen-bond donors (Lipinski definition) is 1. The highest BCUT2D eigenvalue weighted by Crippen LogP contribution is 2.17. The molecule has 15 heavy (non-hydrogen) atoms. The van der Waals surface area contributed by atoms with E-state index in [9.17, 15) is 0 Å². The van der Waals surface area contributed by atoms with Crippen molar-refractivity contribution in [2.75, 3.05) is 18.5 Å². The minimum Gasteiger partial charge on any atom is -0.373 e. The molecule has 84 valence electrons. The summed E-state index contributed by atoms with van der Waals surface area (Å²) in [5, 5.41) is 0. The van der Waals surface area contributed by atoms with Gasteiger partial charge in [-0.15, -0.1) is 0 Å². The quantitative estimate of drug-likeness (QED) is 0.820. The molecule has 1 atom stereocenters. The van der Waals surface area contributed by atoms with Gasteiger partial charge in [0.15, 0.2) is 0 Å². The van der Waals surface area contributed by atoms with Gasteiger partial charge in [-0.25, -0.2) is 0 Å². The third-order valence-corrected chi connectivity index (χ3v) is 2.85. The van der Waals surface area contributed by atoms with E-state index >= 15 is 0 Å². The normalized spacial score (nSPS) is 14.7. The van der Waals surface area contributed by atoms with E-state index < -0.39 is 0 Å². The highest BCUT2D eigenvalue weighted by atomic mass is 15.1.